The van der Waals surface area contributed by atoms with Crippen molar-refractivity contribution in [2.75, 3.05) is 0 Å². The van der Waals surface area contributed by atoms with Crippen LogP contribution in [-0.4, -0.2) is 0 Å². The molecule has 0 saturated heterocycles. The zero-order chi connectivity index (χ0) is 4.00. The van der Waals surface area contributed by atoms with Gasteiger partial charge in [0.2, 0.25) is 0 Å². The number of hydrogen-bond acceptors (Lipinski definition) is 2. The van der Waals surface area contributed by atoms with Crippen molar-refractivity contribution in [3.05, 3.63) is 0 Å². The van der Waals surface area contributed by atoms with Crippen molar-refractivity contribution in [2.24, 2.45) is 0 Å². The monoisotopic (exact) mass is 351 g/mol. The Morgan fingerprint density at radius 3 is 1.25 bits per heavy atom. The van der Waals surface area contributed by atoms with Gasteiger partial charge >= 0.3 is 62.7 Å². The van der Waals surface area contributed by atoms with Crippen LogP contribution in [0.3, 0.4) is 0 Å². The first-order chi connectivity index (χ1) is 2.00. The summed E-state index contributed by atoms with van der Waals surface area (Å²) in [5, 5.41) is 0. The molecule has 0 aliphatic rings. The minimum absolute atomic E-state index is 0.0556. The Bertz CT molecular complexity index is 8.00. The van der Waals surface area contributed by atoms with Crippen LogP contribution in [0, 0.1) is 33.8 Å². The van der Waals surface area contributed by atoms with Gasteiger partial charge in [-0.3, -0.25) is 0 Å². The number of hydrogen-bond donors (Lipinski definition) is 0. The molecule has 0 radical (unpaired) electrons. The normalized spacial score (nSPS) is 2.25. The first-order valence-corrected chi connectivity index (χ1v) is 3.39. The standard InChI is InChI=1S/Hf.La.2O. The summed E-state index contributed by atoms with van der Waals surface area (Å²) in [4.78, 5) is 0. The van der Waals surface area contributed by atoms with Crippen molar-refractivity contribution in [1.29, 1.82) is 0 Å². The fraction of sp³-hybridized carbons (Fsp3) is 0. The van der Waals surface area contributed by atoms with Crippen LogP contribution >= 0.6 is 0 Å². The molecule has 0 aromatic rings. The van der Waals surface area contributed by atoms with Gasteiger partial charge in [0, 0.05) is 0 Å². The summed E-state index contributed by atoms with van der Waals surface area (Å²) < 4.78 is 16.8. The van der Waals surface area contributed by atoms with Crippen LogP contribution in [0.1, 0.15) is 0 Å². The second-order valence-electron chi connectivity index (χ2n) is 0. The summed E-state index contributed by atoms with van der Waals surface area (Å²) in [6.45, 7) is 0. The van der Waals surface area contributed by atoms with Crippen LogP contribution in [-0.2, 0) is 28.9 Å². The summed E-state index contributed by atoms with van der Waals surface area (Å²) >= 11 is -0.0278. The molecular formula is HfLaO2. The van der Waals surface area contributed by atoms with E-state index in [-0.39, 0.29) is 58.2 Å². The predicted molar refractivity (Wildman–Crippen MR) is 1.37 cm³/mol. The van der Waals surface area contributed by atoms with Crippen molar-refractivity contribution >= 4 is 0 Å². The van der Waals surface area contributed by atoms with Crippen LogP contribution in [0.5, 0.6) is 0 Å². The quantitative estimate of drug-likeness (QED) is 0.566. The molecule has 4 heteroatoms. The molecule has 0 aromatic carbocycles. The molecule has 0 aromatic heterocycles. The third kappa shape index (κ3) is 9.39. The SMILES string of the molecule is [O]=[Hf].[O]=[La]. The summed E-state index contributed by atoms with van der Waals surface area (Å²) in [6.07, 6.45) is 0. The van der Waals surface area contributed by atoms with E-state index in [2.05, 4.69) is 0 Å². The van der Waals surface area contributed by atoms with Gasteiger partial charge in [-0.05, 0) is 0 Å². The van der Waals surface area contributed by atoms with Crippen molar-refractivity contribution in [1.82, 2.24) is 0 Å². The van der Waals surface area contributed by atoms with Gasteiger partial charge in [0.1, 0.15) is 0 Å². The molecule has 19 valence electrons. The first-order valence-electron chi connectivity index (χ1n) is 0.440. The molecule has 0 spiro atoms. The molecule has 0 aliphatic carbocycles. The maximum absolute atomic E-state index is 8.42. The first kappa shape index (κ1) is 9.18. The predicted octanol–water partition coefficient (Wildman–Crippen LogP) is -0.240. The van der Waals surface area contributed by atoms with Crippen LogP contribution in [0.15, 0.2) is 0 Å². The van der Waals surface area contributed by atoms with E-state index < -0.39 is 0 Å². The van der Waals surface area contributed by atoms with Gasteiger partial charge in [-0.2, -0.15) is 0 Å². The van der Waals surface area contributed by atoms with E-state index in [4.69, 9.17) is 4.55 Å². The van der Waals surface area contributed by atoms with Crippen LogP contribution < -0.4 is 0 Å². The van der Waals surface area contributed by atoms with Crippen LogP contribution in [0.2, 0.25) is 0 Å². The van der Waals surface area contributed by atoms with Gasteiger partial charge < -0.3 is 0 Å². The molecule has 0 fully saturated rings. The summed E-state index contributed by atoms with van der Waals surface area (Å²) in [7, 11) is 0. The molecule has 0 heterocycles. The van der Waals surface area contributed by atoms with E-state index in [0.717, 1.165) is 0 Å². The Kier molecular flexibility index (Phi) is 51.9. The Hall–Kier alpha value is 1.66. The molecule has 0 amide bonds. The third-order valence-electron chi connectivity index (χ3n) is 0. The van der Waals surface area contributed by atoms with Gasteiger partial charge in [-0.25, -0.2) is 0 Å². The summed E-state index contributed by atoms with van der Waals surface area (Å²) in [6, 6.07) is 0. The molecule has 0 saturated carbocycles. The molecular weight excluding hydrogens is 349 g/mol. The Labute approximate surface area is 61.7 Å². The van der Waals surface area contributed by atoms with E-state index in [9.17, 15) is 0 Å². The molecule has 0 atom stereocenters. The maximum atomic E-state index is 8.42. The van der Waals surface area contributed by atoms with Gasteiger partial charge in [-0.15, -0.1) is 0 Å². The van der Waals surface area contributed by atoms with Crippen molar-refractivity contribution in [3.63, 3.8) is 0 Å². The summed E-state index contributed by atoms with van der Waals surface area (Å²) in [5.74, 6) is 0. The van der Waals surface area contributed by atoms with E-state index in [1.165, 1.54) is 0 Å². The van der Waals surface area contributed by atoms with Gasteiger partial charge in [0.15, 0.2) is 0 Å². The molecule has 4 heavy (non-hydrogen) atoms. The average Bonchev–Trinajstić information content (AvgIpc) is 1.50. The molecule has 0 bridgehead atoms. The zero-order valence-corrected chi connectivity index (χ0v) is 9.11. The van der Waals surface area contributed by atoms with Crippen molar-refractivity contribution in [2.45, 2.75) is 0 Å². The zero-order valence-electron chi connectivity index (χ0n) is 1.89. The molecule has 2 nitrogen and oxygen atoms in total. The Morgan fingerprint density at radius 2 is 1.25 bits per heavy atom. The molecule has 0 unspecified atom stereocenters. The Morgan fingerprint density at radius 1 is 1.25 bits per heavy atom. The van der Waals surface area contributed by atoms with Crippen LogP contribution in [0.25, 0.3) is 0 Å². The fourth-order valence-corrected chi connectivity index (χ4v) is 0. The topological polar surface area (TPSA) is 34.1 Å². The molecule has 0 aliphatic heterocycles. The van der Waals surface area contributed by atoms with Crippen molar-refractivity contribution < 1.29 is 62.7 Å². The van der Waals surface area contributed by atoms with E-state index in [0.29, 0.717) is 0 Å². The van der Waals surface area contributed by atoms with E-state index in [1.54, 1.807) is 0 Å². The minimum atomic E-state index is -0.0833. The second-order valence-corrected chi connectivity index (χ2v) is 0. The Balaban J connectivity index is 0. The molecule has 0 rings (SSSR count). The van der Waals surface area contributed by atoms with Crippen LogP contribution in [0.4, 0.5) is 0 Å². The average molecular weight is 349 g/mol. The summed E-state index contributed by atoms with van der Waals surface area (Å²) in [5.41, 5.74) is 0. The third-order valence-corrected chi connectivity index (χ3v) is 0. The fourth-order valence-electron chi connectivity index (χ4n) is 0. The molecule has 0 N–H and O–H groups in total. The number of rotatable bonds is 0. The van der Waals surface area contributed by atoms with Crippen molar-refractivity contribution in [3.8, 4) is 0 Å². The van der Waals surface area contributed by atoms with Gasteiger partial charge in [-0.1, -0.05) is 0 Å². The van der Waals surface area contributed by atoms with Gasteiger partial charge in [0.25, 0.3) is 0 Å². The van der Waals surface area contributed by atoms with Gasteiger partial charge in [0.05, 0.1) is 0 Å². The van der Waals surface area contributed by atoms with E-state index in [1.807, 2.05) is 0 Å². The van der Waals surface area contributed by atoms with E-state index >= 15 is 0 Å². The second kappa shape index (κ2) is 22.6.